The van der Waals surface area contributed by atoms with E-state index in [0.29, 0.717) is 0 Å². The molecule has 1 heterocycles. The quantitative estimate of drug-likeness (QED) is 0.760. The SMILES string of the molecule is CC(NS(=O)(=O)c1c(Cl)cnn1C)C(N)=S. The van der Waals surface area contributed by atoms with Crippen molar-refractivity contribution in [1.29, 1.82) is 0 Å². The second kappa shape index (κ2) is 4.66. The monoisotopic (exact) mass is 282 g/mol. The van der Waals surface area contributed by atoms with Crippen LogP contribution in [0.1, 0.15) is 6.92 Å². The maximum absolute atomic E-state index is 11.9. The molecular weight excluding hydrogens is 272 g/mol. The van der Waals surface area contributed by atoms with Gasteiger partial charge in [-0.1, -0.05) is 23.8 Å². The van der Waals surface area contributed by atoms with E-state index in [9.17, 15) is 8.42 Å². The zero-order valence-electron chi connectivity index (χ0n) is 8.64. The molecule has 0 radical (unpaired) electrons. The summed E-state index contributed by atoms with van der Waals surface area (Å²) in [6.07, 6.45) is 1.25. The van der Waals surface area contributed by atoms with Gasteiger partial charge in [0, 0.05) is 7.05 Å². The molecule has 0 aliphatic rings. The van der Waals surface area contributed by atoms with Gasteiger partial charge in [0.2, 0.25) is 0 Å². The molecule has 1 aromatic rings. The Bertz CT molecular complexity index is 491. The third-order valence-electron chi connectivity index (χ3n) is 1.86. The maximum Gasteiger partial charge on any atom is 0.259 e. The molecule has 16 heavy (non-hydrogen) atoms. The number of hydrogen-bond acceptors (Lipinski definition) is 4. The van der Waals surface area contributed by atoms with Crippen LogP contribution in [0.25, 0.3) is 0 Å². The Morgan fingerprint density at radius 2 is 2.31 bits per heavy atom. The smallest absolute Gasteiger partial charge is 0.259 e. The van der Waals surface area contributed by atoms with Crippen LogP contribution in [0.2, 0.25) is 5.02 Å². The summed E-state index contributed by atoms with van der Waals surface area (Å²) in [4.78, 5) is 0.0573. The van der Waals surface area contributed by atoms with Crippen LogP contribution in [0.3, 0.4) is 0 Å². The third-order valence-corrected chi connectivity index (χ3v) is 4.26. The van der Waals surface area contributed by atoms with Gasteiger partial charge in [0.25, 0.3) is 10.0 Å². The number of hydrogen-bond donors (Lipinski definition) is 2. The van der Waals surface area contributed by atoms with E-state index in [-0.39, 0.29) is 15.0 Å². The highest BCUT2D eigenvalue weighted by Gasteiger charge is 2.25. The molecule has 0 aromatic carbocycles. The lowest BCUT2D eigenvalue weighted by Crippen LogP contribution is -2.41. The van der Waals surface area contributed by atoms with Crippen LogP contribution in [0.5, 0.6) is 0 Å². The molecule has 1 atom stereocenters. The first-order chi connectivity index (χ1) is 7.25. The number of rotatable bonds is 4. The van der Waals surface area contributed by atoms with Crippen LogP contribution in [-0.2, 0) is 17.1 Å². The Morgan fingerprint density at radius 1 is 1.75 bits per heavy atom. The Kier molecular flexibility index (Phi) is 3.89. The summed E-state index contributed by atoms with van der Waals surface area (Å²) in [5, 5.41) is 3.67. The molecule has 0 spiro atoms. The zero-order valence-corrected chi connectivity index (χ0v) is 11.0. The fraction of sp³-hybridized carbons (Fsp3) is 0.429. The van der Waals surface area contributed by atoms with E-state index in [1.54, 1.807) is 6.92 Å². The van der Waals surface area contributed by atoms with Gasteiger partial charge in [0.1, 0.15) is 0 Å². The molecule has 1 unspecified atom stereocenters. The van der Waals surface area contributed by atoms with E-state index in [0.717, 1.165) is 4.68 Å². The van der Waals surface area contributed by atoms with Crippen molar-refractivity contribution in [2.45, 2.75) is 18.0 Å². The van der Waals surface area contributed by atoms with Gasteiger partial charge in [-0.05, 0) is 6.92 Å². The fourth-order valence-electron chi connectivity index (χ4n) is 1.05. The lowest BCUT2D eigenvalue weighted by Gasteiger charge is -2.12. The second-order valence-corrected chi connectivity index (χ2v) is 5.67. The van der Waals surface area contributed by atoms with Gasteiger partial charge in [-0.25, -0.2) is 13.1 Å². The van der Waals surface area contributed by atoms with Gasteiger partial charge in [0.15, 0.2) is 5.03 Å². The molecule has 0 aliphatic heterocycles. The minimum absolute atomic E-state index is 0.0464. The normalized spacial score (nSPS) is 13.7. The molecule has 0 bridgehead atoms. The van der Waals surface area contributed by atoms with Crippen molar-refractivity contribution < 1.29 is 8.42 Å². The molecule has 1 rings (SSSR count). The molecule has 0 amide bonds. The first kappa shape index (κ1) is 13.4. The van der Waals surface area contributed by atoms with Crippen molar-refractivity contribution in [3.05, 3.63) is 11.2 Å². The van der Waals surface area contributed by atoms with Crippen molar-refractivity contribution in [3.63, 3.8) is 0 Å². The van der Waals surface area contributed by atoms with Crippen LogP contribution in [0.4, 0.5) is 0 Å². The molecule has 90 valence electrons. The van der Waals surface area contributed by atoms with Gasteiger partial charge < -0.3 is 5.73 Å². The Morgan fingerprint density at radius 3 is 2.69 bits per heavy atom. The van der Waals surface area contributed by atoms with E-state index in [1.165, 1.54) is 13.2 Å². The highest BCUT2D eigenvalue weighted by Crippen LogP contribution is 2.19. The number of nitrogens with zero attached hydrogens (tertiary/aromatic N) is 2. The average Bonchev–Trinajstić information content (AvgIpc) is 2.45. The standard InChI is InChI=1S/C7H11ClN4O2S2/c1-4(6(9)15)11-16(13,14)7-5(8)3-10-12(7)2/h3-4,11H,1-2H3,(H2,9,15). The highest BCUT2D eigenvalue weighted by atomic mass is 35.5. The van der Waals surface area contributed by atoms with Crippen LogP contribution in [0, 0.1) is 0 Å². The molecule has 1 aromatic heterocycles. The molecule has 0 fully saturated rings. The predicted octanol–water partition coefficient (Wildman–Crippen LogP) is 0.0264. The summed E-state index contributed by atoms with van der Waals surface area (Å²) >= 11 is 10.4. The van der Waals surface area contributed by atoms with Crippen LogP contribution < -0.4 is 10.5 Å². The Hall–Kier alpha value is -0.700. The highest BCUT2D eigenvalue weighted by molar-refractivity contribution is 7.89. The van der Waals surface area contributed by atoms with Crippen LogP contribution >= 0.6 is 23.8 Å². The molecule has 0 aliphatic carbocycles. The molecule has 6 nitrogen and oxygen atoms in total. The number of aryl methyl sites for hydroxylation is 1. The lowest BCUT2D eigenvalue weighted by atomic mass is 10.4. The van der Waals surface area contributed by atoms with E-state index in [4.69, 9.17) is 17.3 Å². The molecule has 0 saturated carbocycles. The average molecular weight is 283 g/mol. The third kappa shape index (κ3) is 2.70. The number of aromatic nitrogens is 2. The summed E-state index contributed by atoms with van der Waals surface area (Å²) in [5.41, 5.74) is 5.32. The zero-order chi connectivity index (χ0) is 12.5. The van der Waals surface area contributed by atoms with Crippen molar-refractivity contribution >= 4 is 38.8 Å². The van der Waals surface area contributed by atoms with E-state index < -0.39 is 16.1 Å². The topological polar surface area (TPSA) is 90.0 Å². The number of nitrogens with one attached hydrogen (secondary N) is 1. The van der Waals surface area contributed by atoms with Gasteiger partial charge >= 0.3 is 0 Å². The largest absolute Gasteiger partial charge is 0.392 e. The lowest BCUT2D eigenvalue weighted by molar-refractivity contribution is 0.560. The van der Waals surface area contributed by atoms with Crippen molar-refractivity contribution in [2.24, 2.45) is 12.8 Å². The summed E-state index contributed by atoms with van der Waals surface area (Å²) in [7, 11) is -2.29. The molecule has 9 heteroatoms. The van der Waals surface area contributed by atoms with E-state index in [2.05, 4.69) is 22.0 Å². The maximum atomic E-state index is 11.9. The first-order valence-corrected chi connectivity index (χ1v) is 6.52. The minimum atomic E-state index is -3.77. The number of halogens is 1. The molecular formula is C7H11ClN4O2S2. The van der Waals surface area contributed by atoms with Gasteiger partial charge in [-0.3, -0.25) is 4.68 Å². The number of nitrogens with two attached hydrogens (primary N) is 1. The summed E-state index contributed by atoms with van der Waals surface area (Å²) in [6, 6.07) is -0.647. The summed E-state index contributed by atoms with van der Waals surface area (Å²) in [6.45, 7) is 1.55. The van der Waals surface area contributed by atoms with Crippen LogP contribution in [0.15, 0.2) is 11.2 Å². The fourth-order valence-corrected chi connectivity index (χ4v) is 3.06. The summed E-state index contributed by atoms with van der Waals surface area (Å²) in [5.74, 6) is 0. The van der Waals surface area contributed by atoms with Crippen molar-refractivity contribution in [3.8, 4) is 0 Å². The summed E-state index contributed by atoms with van der Waals surface area (Å²) < 4.78 is 27.2. The van der Waals surface area contributed by atoms with Gasteiger partial charge in [-0.2, -0.15) is 5.10 Å². The number of thiocarbonyl (C=S) groups is 1. The van der Waals surface area contributed by atoms with Crippen LogP contribution in [-0.4, -0.2) is 29.2 Å². The van der Waals surface area contributed by atoms with E-state index >= 15 is 0 Å². The Balaban J connectivity index is 3.09. The minimum Gasteiger partial charge on any atom is -0.392 e. The van der Waals surface area contributed by atoms with Gasteiger partial charge in [-0.15, -0.1) is 0 Å². The number of sulfonamides is 1. The van der Waals surface area contributed by atoms with Crippen molar-refractivity contribution in [2.75, 3.05) is 0 Å². The Labute approximate surface area is 104 Å². The second-order valence-electron chi connectivity index (χ2n) is 3.17. The first-order valence-electron chi connectivity index (χ1n) is 4.25. The van der Waals surface area contributed by atoms with Gasteiger partial charge in [0.05, 0.1) is 22.2 Å². The molecule has 3 N–H and O–H groups in total. The molecule has 0 saturated heterocycles. The van der Waals surface area contributed by atoms with Crippen molar-refractivity contribution in [1.82, 2.24) is 14.5 Å². The predicted molar refractivity (Wildman–Crippen MR) is 64.8 cm³/mol. The van der Waals surface area contributed by atoms with E-state index in [1.807, 2.05) is 0 Å².